The van der Waals surface area contributed by atoms with Gasteiger partial charge in [-0.1, -0.05) is 30.3 Å². The van der Waals surface area contributed by atoms with Crippen LogP contribution < -0.4 is 0 Å². The van der Waals surface area contributed by atoms with Crippen LogP contribution in [0.3, 0.4) is 0 Å². The fourth-order valence-electron chi connectivity index (χ4n) is 3.58. The summed E-state index contributed by atoms with van der Waals surface area (Å²) in [5.41, 5.74) is 1.16. The van der Waals surface area contributed by atoms with Gasteiger partial charge in [0.25, 0.3) is 0 Å². The number of carbonyl (C=O) groups excluding carboxylic acids is 2. The normalized spacial score (nSPS) is 24.0. The van der Waals surface area contributed by atoms with Gasteiger partial charge >= 0.3 is 0 Å². The lowest BCUT2D eigenvalue weighted by atomic mass is 9.93. The summed E-state index contributed by atoms with van der Waals surface area (Å²) in [6, 6.07) is 10.3. The minimum Gasteiger partial charge on any atom is -0.340 e. The second kappa shape index (κ2) is 7.39. The van der Waals surface area contributed by atoms with Crippen LogP contribution in [0.2, 0.25) is 0 Å². The summed E-state index contributed by atoms with van der Waals surface area (Å²) < 4.78 is 0. The summed E-state index contributed by atoms with van der Waals surface area (Å²) in [5, 5.41) is 0. The summed E-state index contributed by atoms with van der Waals surface area (Å²) in [7, 11) is 0. The van der Waals surface area contributed by atoms with E-state index in [0.717, 1.165) is 24.2 Å². The summed E-state index contributed by atoms with van der Waals surface area (Å²) in [5.74, 6) is 1.26. The largest absolute Gasteiger partial charge is 0.340 e. The van der Waals surface area contributed by atoms with Gasteiger partial charge in [0.1, 0.15) is 0 Å². The number of nitrogens with zero attached hydrogens (tertiary/aromatic N) is 2. The molecule has 2 atom stereocenters. The number of carbonyl (C=O) groups is 2. The molecule has 0 radical (unpaired) electrons. The van der Waals surface area contributed by atoms with Gasteiger partial charge in [-0.2, -0.15) is 11.8 Å². The molecule has 0 N–H and O–H groups in total. The van der Waals surface area contributed by atoms with Crippen LogP contribution in [0.15, 0.2) is 30.3 Å². The van der Waals surface area contributed by atoms with Crippen molar-refractivity contribution in [3.63, 3.8) is 0 Å². The molecule has 1 aromatic carbocycles. The monoisotopic (exact) mass is 332 g/mol. The van der Waals surface area contributed by atoms with Crippen molar-refractivity contribution in [1.29, 1.82) is 0 Å². The van der Waals surface area contributed by atoms with Crippen LogP contribution >= 0.6 is 11.8 Å². The number of thioether (sulfide) groups is 1. The van der Waals surface area contributed by atoms with E-state index in [2.05, 4.69) is 12.1 Å². The average molecular weight is 332 g/mol. The molecule has 2 bridgehead atoms. The van der Waals surface area contributed by atoms with Gasteiger partial charge in [0.2, 0.25) is 11.8 Å². The van der Waals surface area contributed by atoms with E-state index < -0.39 is 0 Å². The Kier molecular flexibility index (Phi) is 5.26. The highest BCUT2D eigenvalue weighted by atomic mass is 32.2. The highest BCUT2D eigenvalue weighted by Crippen LogP contribution is 2.30. The van der Waals surface area contributed by atoms with Crippen molar-refractivity contribution in [2.75, 3.05) is 25.1 Å². The molecule has 124 valence electrons. The van der Waals surface area contributed by atoms with Gasteiger partial charge in [-0.15, -0.1) is 0 Å². The minimum atomic E-state index is -0.0179. The molecule has 4 nitrogen and oxygen atoms in total. The van der Waals surface area contributed by atoms with E-state index in [0.29, 0.717) is 26.1 Å². The van der Waals surface area contributed by atoms with Gasteiger partial charge in [0.05, 0.1) is 5.92 Å². The second-order valence-corrected chi connectivity index (χ2v) is 7.41. The van der Waals surface area contributed by atoms with Crippen LogP contribution in [0.4, 0.5) is 0 Å². The fraction of sp³-hybridized carbons (Fsp3) is 0.556. The lowest BCUT2D eigenvalue weighted by Crippen LogP contribution is -2.47. The first kappa shape index (κ1) is 16.4. The first-order valence-electron chi connectivity index (χ1n) is 8.30. The first-order chi connectivity index (χ1) is 11.2. The van der Waals surface area contributed by atoms with Crippen molar-refractivity contribution in [1.82, 2.24) is 9.80 Å². The predicted molar refractivity (Wildman–Crippen MR) is 93.1 cm³/mol. The van der Waals surface area contributed by atoms with E-state index in [9.17, 15) is 9.59 Å². The number of hydrogen-bond donors (Lipinski definition) is 0. The maximum absolute atomic E-state index is 12.8. The molecule has 1 aromatic rings. The minimum absolute atomic E-state index is 0.0179. The predicted octanol–water partition coefficient (Wildman–Crippen LogP) is 2.39. The average Bonchev–Trinajstić information content (AvgIpc) is 2.86. The molecule has 2 amide bonds. The summed E-state index contributed by atoms with van der Waals surface area (Å²) in [6.07, 6.45) is 4.52. The zero-order chi connectivity index (χ0) is 16.2. The van der Waals surface area contributed by atoms with Crippen molar-refractivity contribution in [2.24, 2.45) is 5.92 Å². The van der Waals surface area contributed by atoms with Crippen molar-refractivity contribution >= 4 is 23.6 Å². The third-order valence-electron chi connectivity index (χ3n) is 4.86. The molecule has 0 saturated carbocycles. The highest BCUT2D eigenvalue weighted by Gasteiger charge is 2.41. The van der Waals surface area contributed by atoms with Crippen LogP contribution in [0.25, 0.3) is 0 Å². The molecular weight excluding hydrogens is 308 g/mol. The number of rotatable bonds is 5. The second-order valence-electron chi connectivity index (χ2n) is 6.42. The van der Waals surface area contributed by atoms with Crippen molar-refractivity contribution in [3.8, 4) is 0 Å². The molecular formula is C18H24N2O2S. The number of hydrogen-bond acceptors (Lipinski definition) is 3. The topological polar surface area (TPSA) is 40.6 Å². The Bertz CT molecular complexity index is 563. The summed E-state index contributed by atoms with van der Waals surface area (Å²) in [6.45, 7) is 1.96. The van der Waals surface area contributed by atoms with E-state index in [1.165, 1.54) is 0 Å². The van der Waals surface area contributed by atoms with Crippen LogP contribution in [0, 0.1) is 5.92 Å². The molecule has 3 heterocycles. The quantitative estimate of drug-likeness (QED) is 0.831. The Morgan fingerprint density at radius 1 is 1.22 bits per heavy atom. The van der Waals surface area contributed by atoms with Crippen LogP contribution in [0.5, 0.6) is 0 Å². The third-order valence-corrected chi connectivity index (χ3v) is 5.47. The first-order valence-corrected chi connectivity index (χ1v) is 9.69. The molecule has 0 aromatic heterocycles. The van der Waals surface area contributed by atoms with Crippen LogP contribution in [-0.2, 0) is 16.1 Å². The van der Waals surface area contributed by atoms with Gasteiger partial charge in [-0.05, 0) is 24.7 Å². The van der Waals surface area contributed by atoms with E-state index >= 15 is 0 Å². The molecule has 4 rings (SSSR count). The molecule has 3 fully saturated rings. The number of amides is 2. The number of benzene rings is 1. The number of fused-ring (bicyclic) bond motifs is 4. The van der Waals surface area contributed by atoms with Gasteiger partial charge in [0.15, 0.2) is 0 Å². The van der Waals surface area contributed by atoms with E-state index in [1.807, 2.05) is 34.3 Å². The van der Waals surface area contributed by atoms with E-state index in [1.54, 1.807) is 11.8 Å². The summed E-state index contributed by atoms with van der Waals surface area (Å²) >= 11 is 1.69. The maximum atomic E-state index is 12.8. The van der Waals surface area contributed by atoms with Crippen molar-refractivity contribution in [3.05, 3.63) is 35.9 Å². The van der Waals surface area contributed by atoms with Crippen molar-refractivity contribution < 1.29 is 9.59 Å². The third kappa shape index (κ3) is 3.71. The zero-order valence-corrected chi connectivity index (χ0v) is 14.4. The molecule has 0 aliphatic carbocycles. The molecule has 3 aliphatic heterocycles. The highest BCUT2D eigenvalue weighted by molar-refractivity contribution is 7.98. The maximum Gasteiger partial charge on any atom is 0.228 e. The van der Waals surface area contributed by atoms with Gasteiger partial charge in [-0.3, -0.25) is 9.59 Å². The van der Waals surface area contributed by atoms with Gasteiger partial charge < -0.3 is 9.80 Å². The Labute approximate surface area is 142 Å². The van der Waals surface area contributed by atoms with Crippen LogP contribution in [-0.4, -0.2) is 52.8 Å². The Balaban J connectivity index is 1.72. The smallest absolute Gasteiger partial charge is 0.228 e. The van der Waals surface area contributed by atoms with E-state index in [-0.39, 0.29) is 23.8 Å². The Hall–Kier alpha value is -1.49. The SMILES string of the molecule is CSCCC(=O)N1C[C@H]2CC[C@@H](C1)N(Cc1ccccc1)C2=O. The van der Waals surface area contributed by atoms with Gasteiger partial charge in [-0.25, -0.2) is 0 Å². The lowest BCUT2D eigenvalue weighted by molar-refractivity contribution is -0.140. The fourth-order valence-corrected chi connectivity index (χ4v) is 3.96. The van der Waals surface area contributed by atoms with Gasteiger partial charge in [0, 0.05) is 37.8 Å². The van der Waals surface area contributed by atoms with E-state index in [4.69, 9.17) is 0 Å². The molecule has 3 aliphatic rings. The molecule has 0 unspecified atom stereocenters. The zero-order valence-electron chi connectivity index (χ0n) is 13.6. The summed E-state index contributed by atoms with van der Waals surface area (Å²) in [4.78, 5) is 29.1. The molecule has 0 spiro atoms. The Morgan fingerprint density at radius 3 is 2.74 bits per heavy atom. The lowest BCUT2D eigenvalue weighted by Gasteiger charge is -2.36. The molecule has 23 heavy (non-hydrogen) atoms. The van der Waals surface area contributed by atoms with Crippen LogP contribution in [0.1, 0.15) is 24.8 Å². The molecule has 5 heteroatoms. The standard InChI is InChI=1S/C18H24N2O2S/c1-23-10-9-17(21)19-12-15-7-8-16(13-19)20(18(15)22)11-14-5-3-2-4-6-14/h2-6,15-16H,7-13H2,1H3/t15-,16+/m1/s1. The Morgan fingerprint density at radius 2 is 2.00 bits per heavy atom. The number of piperidine rings is 1. The van der Waals surface area contributed by atoms with Crippen molar-refractivity contribution in [2.45, 2.75) is 31.8 Å². The molecule has 3 saturated heterocycles.